The van der Waals surface area contributed by atoms with Crippen molar-refractivity contribution in [1.29, 1.82) is 15.8 Å². The highest BCUT2D eigenvalue weighted by Crippen LogP contribution is 2.30. The van der Waals surface area contributed by atoms with E-state index in [1.807, 2.05) is 32.0 Å². The first-order valence-electron chi connectivity index (χ1n) is 11.6. The van der Waals surface area contributed by atoms with Gasteiger partial charge in [-0.15, -0.1) is 0 Å². The average molecular weight is 525 g/mol. The van der Waals surface area contributed by atoms with Gasteiger partial charge in [-0.3, -0.25) is 19.7 Å². The first-order valence-corrected chi connectivity index (χ1v) is 11.6. The summed E-state index contributed by atoms with van der Waals surface area (Å²) in [4.78, 5) is 31.8. The van der Waals surface area contributed by atoms with E-state index in [9.17, 15) is 19.7 Å². The van der Waals surface area contributed by atoms with Gasteiger partial charge in [-0.05, 0) is 74.2 Å². The number of amides is 1. The van der Waals surface area contributed by atoms with Crippen molar-refractivity contribution >= 4 is 28.8 Å². The van der Waals surface area contributed by atoms with Crippen molar-refractivity contribution in [3.63, 3.8) is 0 Å². The molecule has 39 heavy (non-hydrogen) atoms. The zero-order valence-electron chi connectivity index (χ0n) is 22.3. The second-order valence-electron chi connectivity index (χ2n) is 8.53. The Bertz CT molecular complexity index is 1520. The number of nitrogens with zero attached hydrogens (tertiary/aromatic N) is 4. The number of carbonyl (C=O) groups excluding carboxylic acids is 2. The van der Waals surface area contributed by atoms with Crippen LogP contribution < -0.4 is 11.1 Å². The van der Waals surface area contributed by atoms with Crippen LogP contribution >= 0.6 is 0 Å². The van der Waals surface area contributed by atoms with Gasteiger partial charge in [0, 0.05) is 19.0 Å². The number of nitriles is 3. The Morgan fingerprint density at radius 3 is 1.87 bits per heavy atom. The maximum Gasteiger partial charge on any atom is 0.310 e. The lowest BCUT2D eigenvalue weighted by Crippen LogP contribution is -2.09. The van der Waals surface area contributed by atoms with Crippen LogP contribution in [0.5, 0.6) is 0 Å². The van der Waals surface area contributed by atoms with Gasteiger partial charge < -0.3 is 11.1 Å². The van der Waals surface area contributed by atoms with Gasteiger partial charge in [-0.25, -0.2) is 0 Å². The van der Waals surface area contributed by atoms with E-state index in [-0.39, 0.29) is 22.7 Å². The lowest BCUT2D eigenvalue weighted by atomic mass is 10.0. The summed E-state index contributed by atoms with van der Waals surface area (Å²) in [6.07, 6.45) is 0.412. The van der Waals surface area contributed by atoms with Crippen LogP contribution in [0, 0.1) is 64.9 Å². The number of nitro benzene ring substituents is 1. The molecule has 3 aromatic rings. The smallest absolute Gasteiger partial charge is 0.310 e. The van der Waals surface area contributed by atoms with Gasteiger partial charge >= 0.3 is 5.69 Å². The highest BCUT2D eigenvalue weighted by Gasteiger charge is 2.22. The second kappa shape index (κ2) is 14.9. The Morgan fingerprint density at radius 1 is 0.872 bits per heavy atom. The van der Waals surface area contributed by atoms with Crippen LogP contribution in [0.15, 0.2) is 48.5 Å². The van der Waals surface area contributed by atoms with Crippen molar-refractivity contribution in [1.82, 2.24) is 0 Å². The number of benzene rings is 3. The molecule has 1 amide bonds. The number of carbonyl (C=O) groups is 2. The van der Waals surface area contributed by atoms with E-state index in [1.165, 1.54) is 13.0 Å². The fraction of sp³-hybridized carbons (Fsp3) is 0.207. The largest absolute Gasteiger partial charge is 0.399 e. The van der Waals surface area contributed by atoms with E-state index >= 15 is 0 Å². The molecule has 0 saturated heterocycles. The first kappa shape index (κ1) is 31.5. The highest BCUT2D eigenvalue weighted by atomic mass is 16.6. The maximum atomic E-state index is 10.9. The fourth-order valence-electron chi connectivity index (χ4n) is 3.26. The van der Waals surface area contributed by atoms with E-state index in [0.717, 1.165) is 16.7 Å². The highest BCUT2D eigenvalue weighted by molar-refractivity contribution is 5.92. The van der Waals surface area contributed by atoms with Gasteiger partial charge in [-0.1, -0.05) is 24.3 Å². The number of ketones is 1. The summed E-state index contributed by atoms with van der Waals surface area (Å²) < 4.78 is 0. The molecule has 10 heteroatoms. The molecule has 0 atom stereocenters. The van der Waals surface area contributed by atoms with E-state index in [1.54, 1.807) is 44.2 Å². The Kier molecular flexibility index (Phi) is 12.0. The third-order valence-corrected chi connectivity index (χ3v) is 5.25. The molecule has 0 heterocycles. The van der Waals surface area contributed by atoms with Crippen molar-refractivity contribution in [2.45, 2.75) is 41.0 Å². The number of rotatable bonds is 4. The molecule has 0 saturated carbocycles. The molecule has 0 fully saturated rings. The van der Waals surface area contributed by atoms with Gasteiger partial charge in [-0.2, -0.15) is 15.8 Å². The molecule has 0 unspecified atom stereocenters. The van der Waals surface area contributed by atoms with E-state index in [2.05, 4.69) is 17.5 Å². The number of nitrogens with two attached hydrogens (primary N) is 1. The van der Waals surface area contributed by atoms with E-state index in [0.29, 0.717) is 28.8 Å². The molecule has 3 N–H and O–H groups in total. The van der Waals surface area contributed by atoms with Crippen LogP contribution in [-0.4, -0.2) is 16.6 Å². The molecule has 0 aliphatic heterocycles. The van der Waals surface area contributed by atoms with Gasteiger partial charge in [0.05, 0.1) is 28.2 Å². The third kappa shape index (κ3) is 9.80. The number of nitrogen functional groups attached to an aromatic ring is 1. The number of aryl methyl sites for hydroxylation is 3. The fourth-order valence-corrected chi connectivity index (χ4v) is 3.26. The predicted octanol–water partition coefficient (Wildman–Crippen LogP) is 5.18. The van der Waals surface area contributed by atoms with Crippen molar-refractivity contribution < 1.29 is 14.5 Å². The molecule has 3 aromatic carbocycles. The SMILES string of the molecule is CC(=O)Cc1ccc(C)c(C#N)c1.CC(=O)Nc1ccc(C)c(C#N)c1[N+](=O)[O-].Cc1ccc(N)cc1C#N. The van der Waals surface area contributed by atoms with Crippen molar-refractivity contribution in [3.05, 3.63) is 97.6 Å². The number of hydrogen-bond donors (Lipinski definition) is 2. The quantitative estimate of drug-likeness (QED) is 0.265. The Labute approximate surface area is 227 Å². The predicted molar refractivity (Wildman–Crippen MR) is 147 cm³/mol. The normalized spacial score (nSPS) is 9.18. The van der Waals surface area contributed by atoms with Gasteiger partial charge in [0.25, 0.3) is 0 Å². The summed E-state index contributed by atoms with van der Waals surface area (Å²) in [5.74, 6) is -0.302. The summed E-state index contributed by atoms with van der Waals surface area (Å²) in [5, 5.41) is 39.3. The van der Waals surface area contributed by atoms with E-state index in [4.69, 9.17) is 21.5 Å². The lowest BCUT2D eigenvalue weighted by molar-refractivity contribution is -0.384. The maximum absolute atomic E-state index is 10.9. The van der Waals surface area contributed by atoms with Crippen LogP contribution in [0.25, 0.3) is 0 Å². The van der Waals surface area contributed by atoms with Crippen molar-refractivity contribution in [2.75, 3.05) is 11.1 Å². The lowest BCUT2D eigenvalue weighted by Gasteiger charge is -2.06. The Morgan fingerprint density at radius 2 is 1.41 bits per heavy atom. The molecule has 0 spiro atoms. The minimum atomic E-state index is -0.670. The van der Waals surface area contributed by atoms with Gasteiger partial charge in [0.15, 0.2) is 0 Å². The summed E-state index contributed by atoms with van der Waals surface area (Å²) in [5.41, 5.74) is 10.4. The molecule has 0 aromatic heterocycles. The standard InChI is InChI=1S/C11H11NO.C10H9N3O3.C8H8N2/c1-8-3-4-10(5-9(2)13)6-11(8)7-12;1-6-3-4-9(12-7(2)14)10(13(15)16)8(6)5-11;1-6-2-3-8(10)4-7(6)5-9/h3-4,6H,5H2,1-2H3;3-4H,1-2H3,(H,12,14);2-4H,10H2,1H3. The molecule has 0 radical (unpaired) electrons. The summed E-state index contributed by atoms with van der Waals surface area (Å²) in [7, 11) is 0. The Balaban J connectivity index is 0.000000300. The molecule has 3 rings (SSSR count). The number of hydrogen-bond acceptors (Lipinski definition) is 8. The second-order valence-corrected chi connectivity index (χ2v) is 8.53. The number of anilines is 2. The third-order valence-electron chi connectivity index (χ3n) is 5.25. The topological polar surface area (TPSA) is 187 Å². The molecular formula is C29H28N6O4. The first-order chi connectivity index (χ1) is 18.3. The molecule has 0 bridgehead atoms. The van der Waals surface area contributed by atoms with Gasteiger partial charge in [0.2, 0.25) is 5.91 Å². The van der Waals surface area contributed by atoms with Crippen LogP contribution in [-0.2, 0) is 16.0 Å². The van der Waals surface area contributed by atoms with Crippen LogP contribution in [0.2, 0.25) is 0 Å². The Hall–Kier alpha value is -5.53. The zero-order chi connectivity index (χ0) is 29.7. The minimum Gasteiger partial charge on any atom is -0.399 e. The van der Waals surface area contributed by atoms with Crippen molar-refractivity contribution in [3.8, 4) is 18.2 Å². The number of nitrogens with one attached hydrogen (secondary N) is 1. The van der Waals surface area contributed by atoms with Crippen LogP contribution in [0.3, 0.4) is 0 Å². The summed E-state index contributed by atoms with van der Waals surface area (Å²) in [6, 6.07) is 19.7. The zero-order valence-corrected chi connectivity index (χ0v) is 22.3. The monoisotopic (exact) mass is 524 g/mol. The molecule has 10 nitrogen and oxygen atoms in total. The molecule has 198 valence electrons. The number of nitro groups is 1. The average Bonchev–Trinajstić information content (AvgIpc) is 2.87. The molecule has 0 aliphatic carbocycles. The minimum absolute atomic E-state index is 0.0312. The van der Waals surface area contributed by atoms with E-state index < -0.39 is 10.8 Å². The summed E-state index contributed by atoms with van der Waals surface area (Å²) in [6.45, 7) is 8.17. The number of Topliss-reactive ketones (excluding diaryl/α,β-unsaturated/α-hetero) is 1. The molecule has 0 aliphatic rings. The van der Waals surface area contributed by atoms with Gasteiger partial charge in [0.1, 0.15) is 23.1 Å². The van der Waals surface area contributed by atoms with Crippen LogP contribution in [0.1, 0.15) is 52.8 Å². The van der Waals surface area contributed by atoms with Crippen LogP contribution in [0.4, 0.5) is 17.1 Å². The van der Waals surface area contributed by atoms with Crippen molar-refractivity contribution in [2.24, 2.45) is 0 Å². The summed E-state index contributed by atoms with van der Waals surface area (Å²) >= 11 is 0. The molecular weight excluding hydrogens is 496 g/mol.